The van der Waals surface area contributed by atoms with Crippen molar-refractivity contribution in [2.24, 2.45) is 0 Å². The SMILES string of the molecule is CC[C@@H](NC(=O)c1c[nH]c(C)cc1=O)c1ccccc1Br. The van der Waals surface area contributed by atoms with Crippen molar-refractivity contribution in [3.05, 3.63) is 68.0 Å². The molecule has 2 N–H and O–H groups in total. The number of rotatable bonds is 4. The molecule has 0 aliphatic rings. The summed E-state index contributed by atoms with van der Waals surface area (Å²) < 4.78 is 0.940. The van der Waals surface area contributed by atoms with Crippen molar-refractivity contribution in [2.75, 3.05) is 0 Å². The molecule has 0 aliphatic carbocycles. The quantitative estimate of drug-likeness (QED) is 0.890. The first-order chi connectivity index (χ1) is 10.0. The third kappa shape index (κ3) is 3.61. The minimum Gasteiger partial charge on any atom is -0.364 e. The van der Waals surface area contributed by atoms with E-state index in [0.29, 0.717) is 0 Å². The van der Waals surface area contributed by atoms with Crippen LogP contribution in [0.2, 0.25) is 0 Å². The number of benzene rings is 1. The van der Waals surface area contributed by atoms with Crippen molar-refractivity contribution >= 4 is 21.8 Å². The minimum absolute atomic E-state index is 0.131. The Morgan fingerprint density at radius 2 is 2.10 bits per heavy atom. The Morgan fingerprint density at radius 1 is 1.38 bits per heavy atom. The van der Waals surface area contributed by atoms with Crippen LogP contribution in [0.5, 0.6) is 0 Å². The van der Waals surface area contributed by atoms with Gasteiger partial charge in [-0.05, 0) is 25.0 Å². The number of halogens is 1. The van der Waals surface area contributed by atoms with Crippen LogP contribution in [0.4, 0.5) is 0 Å². The highest BCUT2D eigenvalue weighted by atomic mass is 79.9. The van der Waals surface area contributed by atoms with E-state index < -0.39 is 0 Å². The Hall–Kier alpha value is -1.88. The molecule has 1 atom stereocenters. The zero-order valence-electron chi connectivity index (χ0n) is 11.9. The van der Waals surface area contributed by atoms with Gasteiger partial charge < -0.3 is 10.3 Å². The van der Waals surface area contributed by atoms with Crippen molar-refractivity contribution < 1.29 is 4.79 Å². The molecule has 1 aromatic carbocycles. The minimum atomic E-state index is -0.362. The van der Waals surface area contributed by atoms with Gasteiger partial charge in [-0.2, -0.15) is 0 Å². The Bertz CT molecular complexity index is 709. The maximum absolute atomic E-state index is 12.3. The molecule has 0 aliphatic heterocycles. The summed E-state index contributed by atoms with van der Waals surface area (Å²) in [6, 6.07) is 9.02. The Morgan fingerprint density at radius 3 is 2.71 bits per heavy atom. The third-order valence-electron chi connectivity index (χ3n) is 3.30. The van der Waals surface area contributed by atoms with Crippen LogP contribution in [0.25, 0.3) is 0 Å². The molecule has 5 heteroatoms. The van der Waals surface area contributed by atoms with Gasteiger partial charge >= 0.3 is 0 Å². The zero-order chi connectivity index (χ0) is 15.4. The Kier molecular flexibility index (Phi) is 4.96. The van der Waals surface area contributed by atoms with E-state index in [9.17, 15) is 9.59 Å². The normalized spacial score (nSPS) is 12.0. The lowest BCUT2D eigenvalue weighted by Gasteiger charge is -2.18. The summed E-state index contributed by atoms with van der Waals surface area (Å²) in [5, 5.41) is 2.91. The number of hydrogen-bond acceptors (Lipinski definition) is 2. The predicted octanol–water partition coefficient (Wildman–Crippen LogP) is 3.33. The largest absolute Gasteiger partial charge is 0.364 e. The second-order valence-electron chi connectivity index (χ2n) is 4.85. The molecule has 2 rings (SSSR count). The fourth-order valence-corrected chi connectivity index (χ4v) is 2.71. The Balaban J connectivity index is 2.25. The van der Waals surface area contributed by atoms with Gasteiger partial charge in [-0.15, -0.1) is 0 Å². The number of aromatic amines is 1. The number of hydrogen-bond donors (Lipinski definition) is 2. The first-order valence-corrected chi connectivity index (χ1v) is 7.56. The summed E-state index contributed by atoms with van der Waals surface area (Å²) >= 11 is 3.49. The Labute approximate surface area is 131 Å². The molecule has 0 radical (unpaired) electrons. The van der Waals surface area contributed by atoms with Crippen LogP contribution >= 0.6 is 15.9 Å². The molecule has 110 valence electrons. The molecule has 1 amide bonds. The highest BCUT2D eigenvalue weighted by Gasteiger charge is 2.17. The lowest BCUT2D eigenvalue weighted by atomic mass is 10.0. The first-order valence-electron chi connectivity index (χ1n) is 6.77. The topological polar surface area (TPSA) is 62.0 Å². The molecule has 0 unspecified atom stereocenters. The van der Waals surface area contributed by atoms with Crippen molar-refractivity contribution in [1.29, 1.82) is 0 Å². The average Bonchev–Trinajstić information content (AvgIpc) is 2.45. The molecule has 1 aromatic heterocycles. The summed E-state index contributed by atoms with van der Waals surface area (Å²) in [6.45, 7) is 3.77. The lowest BCUT2D eigenvalue weighted by Crippen LogP contribution is -2.32. The number of H-pyrrole nitrogens is 1. The predicted molar refractivity (Wildman–Crippen MR) is 86.4 cm³/mol. The summed E-state index contributed by atoms with van der Waals surface area (Å²) in [7, 11) is 0. The lowest BCUT2D eigenvalue weighted by molar-refractivity contribution is 0.0934. The van der Waals surface area contributed by atoms with Gasteiger partial charge in [0.25, 0.3) is 5.91 Å². The molecule has 0 spiro atoms. The highest BCUT2D eigenvalue weighted by molar-refractivity contribution is 9.10. The standard InChI is InChI=1S/C16H17BrN2O2/c1-3-14(11-6-4-5-7-13(11)17)19-16(21)12-9-18-10(2)8-15(12)20/h4-9,14H,3H2,1-2H3,(H,18,20)(H,19,21)/t14-/m1/s1. The van der Waals surface area contributed by atoms with Crippen molar-refractivity contribution in [3.63, 3.8) is 0 Å². The molecule has 4 nitrogen and oxygen atoms in total. The van der Waals surface area contributed by atoms with E-state index in [-0.39, 0.29) is 22.9 Å². The van der Waals surface area contributed by atoms with Gasteiger partial charge in [0.05, 0.1) is 6.04 Å². The van der Waals surface area contributed by atoms with Crippen molar-refractivity contribution in [2.45, 2.75) is 26.3 Å². The van der Waals surface area contributed by atoms with Gasteiger partial charge in [-0.1, -0.05) is 41.1 Å². The van der Waals surface area contributed by atoms with Crippen LogP contribution in [-0.2, 0) is 0 Å². The third-order valence-corrected chi connectivity index (χ3v) is 4.02. The molecule has 2 aromatic rings. The molecule has 0 bridgehead atoms. The number of carbonyl (C=O) groups is 1. The number of aryl methyl sites for hydroxylation is 1. The van der Waals surface area contributed by atoms with E-state index in [1.165, 1.54) is 12.3 Å². The van der Waals surface area contributed by atoms with Gasteiger partial charge in [-0.25, -0.2) is 0 Å². The van der Waals surface area contributed by atoms with Crippen LogP contribution in [-0.4, -0.2) is 10.9 Å². The highest BCUT2D eigenvalue weighted by Crippen LogP contribution is 2.25. The molecular formula is C16H17BrN2O2. The van der Waals surface area contributed by atoms with E-state index in [2.05, 4.69) is 26.2 Å². The summed E-state index contributed by atoms with van der Waals surface area (Å²) in [4.78, 5) is 27.0. The fraction of sp³-hybridized carbons (Fsp3) is 0.250. The average molecular weight is 349 g/mol. The maximum Gasteiger partial charge on any atom is 0.257 e. The van der Waals surface area contributed by atoms with Crippen LogP contribution in [0.1, 0.15) is 41.0 Å². The fourth-order valence-electron chi connectivity index (χ4n) is 2.14. The van der Waals surface area contributed by atoms with E-state index in [1.807, 2.05) is 31.2 Å². The number of aromatic nitrogens is 1. The first kappa shape index (κ1) is 15.5. The van der Waals surface area contributed by atoms with Crippen molar-refractivity contribution in [1.82, 2.24) is 10.3 Å². The second kappa shape index (κ2) is 6.72. The van der Waals surface area contributed by atoms with E-state index in [1.54, 1.807) is 6.92 Å². The zero-order valence-corrected chi connectivity index (χ0v) is 13.5. The van der Waals surface area contributed by atoms with E-state index in [0.717, 1.165) is 22.2 Å². The van der Waals surface area contributed by atoms with Gasteiger partial charge in [0.2, 0.25) is 0 Å². The number of amides is 1. The molecular weight excluding hydrogens is 332 g/mol. The van der Waals surface area contributed by atoms with Gasteiger partial charge in [0.1, 0.15) is 5.56 Å². The molecule has 1 heterocycles. The van der Waals surface area contributed by atoms with E-state index in [4.69, 9.17) is 0 Å². The van der Waals surface area contributed by atoms with Crippen LogP contribution < -0.4 is 10.7 Å². The van der Waals surface area contributed by atoms with Crippen molar-refractivity contribution in [3.8, 4) is 0 Å². The molecule has 21 heavy (non-hydrogen) atoms. The number of carbonyl (C=O) groups excluding carboxylic acids is 1. The van der Waals surface area contributed by atoms with Crippen LogP contribution in [0.3, 0.4) is 0 Å². The monoisotopic (exact) mass is 348 g/mol. The number of pyridine rings is 1. The number of nitrogens with one attached hydrogen (secondary N) is 2. The molecule has 0 saturated heterocycles. The van der Waals surface area contributed by atoms with Gasteiger partial charge in [0, 0.05) is 22.4 Å². The van der Waals surface area contributed by atoms with Gasteiger partial charge in [0.15, 0.2) is 5.43 Å². The summed E-state index contributed by atoms with van der Waals surface area (Å²) in [6.07, 6.45) is 2.19. The molecule has 0 saturated carbocycles. The summed E-state index contributed by atoms with van der Waals surface area (Å²) in [5.74, 6) is -0.362. The van der Waals surface area contributed by atoms with Gasteiger partial charge in [-0.3, -0.25) is 9.59 Å². The van der Waals surface area contributed by atoms with Crippen LogP contribution in [0, 0.1) is 6.92 Å². The van der Waals surface area contributed by atoms with Crippen LogP contribution in [0.15, 0.2) is 45.8 Å². The second-order valence-corrected chi connectivity index (χ2v) is 5.70. The summed E-state index contributed by atoms with van der Waals surface area (Å²) in [5.41, 5.74) is 1.59. The van der Waals surface area contributed by atoms with E-state index >= 15 is 0 Å². The molecule has 0 fully saturated rings. The maximum atomic E-state index is 12.3. The smallest absolute Gasteiger partial charge is 0.257 e.